The highest BCUT2D eigenvalue weighted by Gasteiger charge is 2.24. The van der Waals surface area contributed by atoms with Crippen LogP contribution in [0, 0.1) is 13.8 Å². The molecule has 1 unspecified atom stereocenters. The smallest absolute Gasteiger partial charge is 0.251 e. The largest absolute Gasteiger partial charge is 0.497 e. The Labute approximate surface area is 156 Å². The van der Waals surface area contributed by atoms with Crippen LogP contribution in [0.4, 0.5) is 0 Å². The fourth-order valence-electron chi connectivity index (χ4n) is 3.69. The van der Waals surface area contributed by atoms with Crippen LogP contribution in [0.25, 0.3) is 0 Å². The van der Waals surface area contributed by atoms with Gasteiger partial charge in [0.05, 0.1) is 13.2 Å². The molecule has 1 aliphatic rings. The molecule has 0 spiro atoms. The van der Waals surface area contributed by atoms with Gasteiger partial charge in [-0.3, -0.25) is 9.69 Å². The summed E-state index contributed by atoms with van der Waals surface area (Å²) in [5.41, 5.74) is 4.16. The Morgan fingerprint density at radius 3 is 2.42 bits per heavy atom. The first-order valence-electron chi connectivity index (χ1n) is 9.32. The van der Waals surface area contributed by atoms with Gasteiger partial charge in [-0.2, -0.15) is 0 Å². The number of aryl methyl sites for hydroxylation is 2. The van der Waals surface area contributed by atoms with Crippen LogP contribution in [0.2, 0.25) is 0 Å². The molecular formula is C22H28N2O2. The number of methoxy groups -OCH3 is 1. The minimum atomic E-state index is 0.000193. The molecule has 0 radical (unpaired) electrons. The van der Waals surface area contributed by atoms with Gasteiger partial charge in [-0.25, -0.2) is 0 Å². The molecule has 4 heteroatoms. The quantitative estimate of drug-likeness (QED) is 0.858. The van der Waals surface area contributed by atoms with Gasteiger partial charge in [0.15, 0.2) is 0 Å². The van der Waals surface area contributed by atoms with Crippen LogP contribution in [0.3, 0.4) is 0 Å². The van der Waals surface area contributed by atoms with E-state index in [4.69, 9.17) is 4.74 Å². The lowest BCUT2D eigenvalue weighted by atomic mass is 10.0. The zero-order chi connectivity index (χ0) is 18.5. The van der Waals surface area contributed by atoms with Gasteiger partial charge in [-0.15, -0.1) is 0 Å². The number of benzene rings is 2. The molecule has 1 aliphatic heterocycles. The first kappa shape index (κ1) is 18.5. The Morgan fingerprint density at radius 2 is 1.81 bits per heavy atom. The maximum absolute atomic E-state index is 12.7. The number of ether oxygens (including phenoxy) is 1. The van der Waals surface area contributed by atoms with Crippen molar-refractivity contribution in [3.8, 4) is 5.75 Å². The first-order chi connectivity index (χ1) is 12.6. The van der Waals surface area contributed by atoms with E-state index < -0.39 is 0 Å². The number of rotatable bonds is 6. The van der Waals surface area contributed by atoms with Crippen molar-refractivity contribution >= 4 is 5.91 Å². The molecule has 1 amide bonds. The number of hydrogen-bond donors (Lipinski definition) is 1. The van der Waals surface area contributed by atoms with E-state index in [1.54, 1.807) is 7.11 Å². The fraction of sp³-hybridized carbons (Fsp3) is 0.409. The van der Waals surface area contributed by atoms with E-state index in [-0.39, 0.29) is 11.9 Å². The molecule has 1 N–H and O–H groups in total. The normalized spacial score (nSPS) is 15.7. The van der Waals surface area contributed by atoms with Gasteiger partial charge < -0.3 is 10.1 Å². The summed E-state index contributed by atoms with van der Waals surface area (Å²) in [6.07, 6.45) is 2.44. The van der Waals surface area contributed by atoms with Crippen LogP contribution in [-0.4, -0.2) is 37.6 Å². The molecule has 138 valence electrons. The summed E-state index contributed by atoms with van der Waals surface area (Å²) in [5.74, 6) is 0.855. The summed E-state index contributed by atoms with van der Waals surface area (Å²) in [6.45, 7) is 6.80. The molecule has 1 saturated heterocycles. The number of amides is 1. The highest BCUT2D eigenvalue weighted by atomic mass is 16.5. The molecule has 0 saturated carbocycles. The zero-order valence-corrected chi connectivity index (χ0v) is 15.9. The van der Waals surface area contributed by atoms with Crippen LogP contribution in [0.15, 0.2) is 42.5 Å². The van der Waals surface area contributed by atoms with Crippen molar-refractivity contribution in [2.75, 3.05) is 26.7 Å². The van der Waals surface area contributed by atoms with Crippen LogP contribution in [0.5, 0.6) is 5.75 Å². The molecule has 0 aliphatic carbocycles. The Morgan fingerprint density at radius 1 is 1.12 bits per heavy atom. The third-order valence-electron chi connectivity index (χ3n) is 5.16. The lowest BCUT2D eigenvalue weighted by molar-refractivity contribution is 0.0937. The van der Waals surface area contributed by atoms with E-state index in [1.807, 2.05) is 38.1 Å². The third-order valence-corrected chi connectivity index (χ3v) is 5.16. The predicted octanol–water partition coefficient (Wildman–Crippen LogP) is 3.88. The Balaban J connectivity index is 1.73. The average Bonchev–Trinajstić information content (AvgIpc) is 3.16. The van der Waals surface area contributed by atoms with E-state index in [1.165, 1.54) is 24.0 Å². The van der Waals surface area contributed by atoms with Crippen LogP contribution in [-0.2, 0) is 0 Å². The third kappa shape index (κ3) is 4.25. The summed E-state index contributed by atoms with van der Waals surface area (Å²) in [7, 11) is 1.68. The minimum absolute atomic E-state index is 0.000193. The SMILES string of the molecule is COc1ccc(C(CNC(=O)c2ccc(C)cc2C)N2CCCC2)cc1. The number of hydrogen-bond acceptors (Lipinski definition) is 3. The lowest BCUT2D eigenvalue weighted by Gasteiger charge is -2.28. The van der Waals surface area contributed by atoms with E-state index in [0.717, 1.165) is 30.0 Å². The number of carbonyl (C=O) groups is 1. The summed E-state index contributed by atoms with van der Waals surface area (Å²) in [5, 5.41) is 3.15. The van der Waals surface area contributed by atoms with Crippen molar-refractivity contribution in [2.45, 2.75) is 32.7 Å². The van der Waals surface area contributed by atoms with Gasteiger partial charge in [-0.1, -0.05) is 29.8 Å². The second-order valence-corrected chi connectivity index (χ2v) is 7.06. The zero-order valence-electron chi connectivity index (χ0n) is 15.9. The molecule has 2 aromatic carbocycles. The van der Waals surface area contributed by atoms with E-state index >= 15 is 0 Å². The van der Waals surface area contributed by atoms with Crippen molar-refractivity contribution in [1.29, 1.82) is 0 Å². The van der Waals surface area contributed by atoms with E-state index in [0.29, 0.717) is 6.54 Å². The van der Waals surface area contributed by atoms with Gasteiger partial charge in [0.2, 0.25) is 0 Å². The average molecular weight is 352 g/mol. The standard InChI is InChI=1S/C22H28N2O2/c1-16-6-11-20(17(2)14-16)22(25)23-15-21(24-12-4-5-13-24)18-7-9-19(26-3)10-8-18/h6-11,14,21H,4-5,12-13,15H2,1-3H3,(H,23,25). The van der Waals surface area contributed by atoms with Crippen LogP contribution in [0.1, 0.15) is 45.9 Å². The van der Waals surface area contributed by atoms with Gasteiger partial charge in [0.1, 0.15) is 5.75 Å². The molecule has 4 nitrogen and oxygen atoms in total. The molecule has 2 aromatic rings. The van der Waals surface area contributed by atoms with Crippen LogP contribution < -0.4 is 10.1 Å². The Bertz CT molecular complexity index is 749. The van der Waals surface area contributed by atoms with E-state index in [9.17, 15) is 4.79 Å². The summed E-state index contributed by atoms with van der Waals surface area (Å²) in [6, 6.07) is 14.3. The molecule has 0 bridgehead atoms. The highest BCUT2D eigenvalue weighted by Crippen LogP contribution is 2.26. The van der Waals surface area contributed by atoms with Gasteiger partial charge in [-0.05, 0) is 69.1 Å². The molecule has 3 rings (SSSR count). The fourth-order valence-corrected chi connectivity index (χ4v) is 3.69. The highest BCUT2D eigenvalue weighted by molar-refractivity contribution is 5.95. The second kappa shape index (κ2) is 8.37. The summed E-state index contributed by atoms with van der Waals surface area (Å²) in [4.78, 5) is 15.1. The topological polar surface area (TPSA) is 41.6 Å². The van der Waals surface area contributed by atoms with Gasteiger partial charge in [0.25, 0.3) is 5.91 Å². The predicted molar refractivity (Wildman–Crippen MR) is 105 cm³/mol. The van der Waals surface area contributed by atoms with Gasteiger partial charge >= 0.3 is 0 Å². The maximum Gasteiger partial charge on any atom is 0.251 e. The van der Waals surface area contributed by atoms with Crippen molar-refractivity contribution in [2.24, 2.45) is 0 Å². The lowest BCUT2D eigenvalue weighted by Crippen LogP contribution is -2.37. The molecule has 0 aromatic heterocycles. The van der Waals surface area contributed by atoms with Crippen molar-refractivity contribution in [1.82, 2.24) is 10.2 Å². The van der Waals surface area contributed by atoms with Crippen LogP contribution >= 0.6 is 0 Å². The van der Waals surface area contributed by atoms with Gasteiger partial charge in [0, 0.05) is 12.1 Å². The molecule has 1 fully saturated rings. The molecule has 26 heavy (non-hydrogen) atoms. The number of likely N-dealkylation sites (tertiary alicyclic amines) is 1. The first-order valence-corrected chi connectivity index (χ1v) is 9.32. The number of nitrogens with one attached hydrogen (secondary N) is 1. The molecular weight excluding hydrogens is 324 g/mol. The van der Waals surface area contributed by atoms with E-state index in [2.05, 4.69) is 28.4 Å². The summed E-state index contributed by atoms with van der Waals surface area (Å²) < 4.78 is 5.27. The molecule has 1 heterocycles. The monoisotopic (exact) mass is 352 g/mol. The maximum atomic E-state index is 12.7. The summed E-state index contributed by atoms with van der Waals surface area (Å²) >= 11 is 0. The van der Waals surface area contributed by atoms with Crippen molar-refractivity contribution in [3.63, 3.8) is 0 Å². The number of carbonyl (C=O) groups excluding carboxylic acids is 1. The number of nitrogens with zero attached hydrogens (tertiary/aromatic N) is 1. The van der Waals surface area contributed by atoms with Crippen molar-refractivity contribution in [3.05, 3.63) is 64.7 Å². The second-order valence-electron chi connectivity index (χ2n) is 7.06. The van der Waals surface area contributed by atoms with Crippen molar-refractivity contribution < 1.29 is 9.53 Å². The molecule has 1 atom stereocenters. The Hall–Kier alpha value is -2.33. The minimum Gasteiger partial charge on any atom is -0.497 e. The Kier molecular flexibility index (Phi) is 5.94.